The van der Waals surface area contributed by atoms with Crippen molar-refractivity contribution in [3.05, 3.63) is 77.6 Å². The molecule has 0 saturated carbocycles. The summed E-state index contributed by atoms with van der Waals surface area (Å²) in [5.41, 5.74) is 1.82. The van der Waals surface area contributed by atoms with E-state index in [4.69, 9.17) is 19.0 Å². The fourth-order valence-electron chi connectivity index (χ4n) is 2.32. The Hall–Kier alpha value is -3.54. The largest absolute Gasteiger partial charge is 0.493 e. The fourth-order valence-corrected chi connectivity index (χ4v) is 2.32. The summed E-state index contributed by atoms with van der Waals surface area (Å²) in [6.07, 6.45) is 3.23. The highest BCUT2D eigenvalue weighted by molar-refractivity contribution is 5.87. The van der Waals surface area contributed by atoms with Crippen LogP contribution in [0.1, 0.15) is 21.5 Å². The van der Waals surface area contributed by atoms with Crippen molar-refractivity contribution in [3.63, 3.8) is 0 Å². The molecule has 6 heteroatoms. The van der Waals surface area contributed by atoms with Gasteiger partial charge in [-0.2, -0.15) is 0 Å². The number of ether oxygens (including phenoxy) is 2. The van der Waals surface area contributed by atoms with Gasteiger partial charge in [-0.25, -0.2) is 9.79 Å². The van der Waals surface area contributed by atoms with Gasteiger partial charge in [0.2, 0.25) is 5.88 Å². The van der Waals surface area contributed by atoms with Crippen LogP contribution in [0.4, 0.5) is 5.88 Å². The maximum absolute atomic E-state index is 11.0. The summed E-state index contributed by atoms with van der Waals surface area (Å²) < 4.78 is 16.3. The van der Waals surface area contributed by atoms with Crippen LogP contribution in [0.15, 0.2) is 70.3 Å². The zero-order valence-corrected chi connectivity index (χ0v) is 14.1. The zero-order valence-electron chi connectivity index (χ0n) is 14.1. The molecular formula is C20H17NO5. The molecule has 0 bridgehead atoms. The van der Waals surface area contributed by atoms with Gasteiger partial charge in [-0.3, -0.25) is 0 Å². The molecule has 0 aliphatic rings. The van der Waals surface area contributed by atoms with Crippen LogP contribution in [0.25, 0.3) is 0 Å². The quantitative estimate of drug-likeness (QED) is 0.641. The number of aromatic carboxylic acids is 1. The Morgan fingerprint density at radius 1 is 1.15 bits per heavy atom. The summed E-state index contributed by atoms with van der Waals surface area (Å²) in [7, 11) is 1.56. The van der Waals surface area contributed by atoms with Crippen LogP contribution in [-0.2, 0) is 6.61 Å². The Bertz CT molecular complexity index is 916. The summed E-state index contributed by atoms with van der Waals surface area (Å²) in [5.74, 6) is 0.665. The molecule has 6 nitrogen and oxygen atoms in total. The number of furan rings is 1. The highest BCUT2D eigenvalue weighted by atomic mass is 16.5. The van der Waals surface area contributed by atoms with E-state index in [1.54, 1.807) is 62.1 Å². The molecule has 0 aliphatic carbocycles. The Balaban J connectivity index is 1.72. The van der Waals surface area contributed by atoms with Gasteiger partial charge < -0.3 is 19.0 Å². The van der Waals surface area contributed by atoms with Crippen LogP contribution < -0.4 is 9.47 Å². The van der Waals surface area contributed by atoms with Crippen molar-refractivity contribution in [2.24, 2.45) is 4.99 Å². The third-order valence-corrected chi connectivity index (χ3v) is 3.60. The average Bonchev–Trinajstić information content (AvgIpc) is 3.18. The standard InChI is InChI=1S/C20H17NO5/c1-24-18-11-14(12-21-19-6-3-9-25-19)7-8-17(18)26-13-15-4-2-5-16(10-15)20(22)23/h2-12H,13H2,1H3,(H,22,23). The van der Waals surface area contributed by atoms with E-state index in [9.17, 15) is 4.79 Å². The Kier molecular flexibility index (Phi) is 5.34. The lowest BCUT2D eigenvalue weighted by Gasteiger charge is -2.11. The highest BCUT2D eigenvalue weighted by Crippen LogP contribution is 2.28. The molecule has 0 saturated heterocycles. The van der Waals surface area contributed by atoms with Gasteiger partial charge in [0.25, 0.3) is 0 Å². The first-order chi connectivity index (χ1) is 12.7. The molecule has 1 heterocycles. The minimum Gasteiger partial charge on any atom is -0.493 e. The minimum atomic E-state index is -0.968. The van der Waals surface area contributed by atoms with Crippen LogP contribution in [0.2, 0.25) is 0 Å². The molecule has 3 aromatic rings. The van der Waals surface area contributed by atoms with Gasteiger partial charge in [-0.1, -0.05) is 12.1 Å². The monoisotopic (exact) mass is 351 g/mol. The third-order valence-electron chi connectivity index (χ3n) is 3.60. The van der Waals surface area contributed by atoms with Crippen molar-refractivity contribution in [2.75, 3.05) is 7.11 Å². The number of nitrogens with zero attached hydrogens (tertiary/aromatic N) is 1. The van der Waals surface area contributed by atoms with Crippen molar-refractivity contribution in [1.82, 2.24) is 0 Å². The molecule has 132 valence electrons. The second kappa shape index (κ2) is 8.02. The van der Waals surface area contributed by atoms with Crippen molar-refractivity contribution >= 4 is 18.1 Å². The first-order valence-corrected chi connectivity index (χ1v) is 7.86. The van der Waals surface area contributed by atoms with Gasteiger partial charge in [-0.05, 0) is 47.5 Å². The maximum atomic E-state index is 11.0. The normalized spacial score (nSPS) is 10.8. The molecule has 0 atom stereocenters. The molecular weight excluding hydrogens is 334 g/mol. The summed E-state index contributed by atoms with van der Waals surface area (Å²) in [4.78, 5) is 15.2. The number of carboxylic acid groups (broad SMARTS) is 1. The second-order valence-corrected chi connectivity index (χ2v) is 5.41. The summed E-state index contributed by atoms with van der Waals surface area (Å²) in [5, 5.41) is 9.05. The molecule has 1 aromatic heterocycles. The van der Waals surface area contributed by atoms with Gasteiger partial charge in [0, 0.05) is 12.3 Å². The average molecular weight is 351 g/mol. The number of aliphatic imine (C=N–C) groups is 1. The number of hydrogen-bond donors (Lipinski definition) is 1. The Morgan fingerprint density at radius 3 is 2.77 bits per heavy atom. The molecule has 0 radical (unpaired) electrons. The fraction of sp³-hybridized carbons (Fsp3) is 0.100. The lowest BCUT2D eigenvalue weighted by Crippen LogP contribution is -2.01. The topological polar surface area (TPSA) is 81.3 Å². The smallest absolute Gasteiger partial charge is 0.335 e. The number of methoxy groups -OCH3 is 1. The number of benzene rings is 2. The molecule has 0 aliphatic heterocycles. The molecule has 2 aromatic carbocycles. The molecule has 3 rings (SSSR count). The lowest BCUT2D eigenvalue weighted by atomic mass is 10.1. The van der Waals surface area contributed by atoms with Gasteiger partial charge in [-0.15, -0.1) is 0 Å². The summed E-state index contributed by atoms with van der Waals surface area (Å²) in [6, 6.07) is 15.6. The van der Waals surface area contributed by atoms with E-state index < -0.39 is 5.97 Å². The van der Waals surface area contributed by atoms with Gasteiger partial charge in [0.1, 0.15) is 6.61 Å². The third kappa shape index (κ3) is 4.30. The van der Waals surface area contributed by atoms with Crippen molar-refractivity contribution in [3.8, 4) is 11.5 Å². The van der Waals surface area contributed by atoms with Gasteiger partial charge in [0.05, 0.1) is 18.9 Å². The summed E-state index contributed by atoms with van der Waals surface area (Å²) >= 11 is 0. The highest BCUT2D eigenvalue weighted by Gasteiger charge is 2.07. The maximum Gasteiger partial charge on any atom is 0.335 e. The number of hydrogen-bond acceptors (Lipinski definition) is 5. The number of carbonyl (C=O) groups is 1. The predicted molar refractivity (Wildman–Crippen MR) is 96.7 cm³/mol. The molecule has 0 unspecified atom stereocenters. The lowest BCUT2D eigenvalue weighted by molar-refractivity contribution is 0.0696. The first-order valence-electron chi connectivity index (χ1n) is 7.86. The van der Waals surface area contributed by atoms with E-state index in [0.29, 0.717) is 17.4 Å². The van der Waals surface area contributed by atoms with E-state index in [2.05, 4.69) is 4.99 Å². The first kappa shape index (κ1) is 17.3. The second-order valence-electron chi connectivity index (χ2n) is 5.41. The Morgan fingerprint density at radius 2 is 2.04 bits per heavy atom. The van der Waals surface area contributed by atoms with Gasteiger partial charge in [0.15, 0.2) is 11.5 Å². The van der Waals surface area contributed by atoms with E-state index in [1.807, 2.05) is 12.1 Å². The minimum absolute atomic E-state index is 0.225. The van der Waals surface area contributed by atoms with Gasteiger partial charge >= 0.3 is 5.97 Å². The SMILES string of the molecule is COc1cc(C=Nc2ccco2)ccc1OCc1cccc(C(=O)O)c1. The van der Waals surface area contributed by atoms with Crippen LogP contribution >= 0.6 is 0 Å². The molecule has 0 amide bonds. The number of carboxylic acids is 1. The van der Waals surface area contributed by atoms with Crippen molar-refractivity contribution < 1.29 is 23.8 Å². The van der Waals surface area contributed by atoms with Crippen molar-refractivity contribution in [2.45, 2.75) is 6.61 Å². The molecule has 0 spiro atoms. The Labute approximate surface area is 150 Å². The summed E-state index contributed by atoms with van der Waals surface area (Å²) in [6.45, 7) is 0.233. The predicted octanol–water partition coefficient (Wildman–Crippen LogP) is 4.32. The van der Waals surface area contributed by atoms with E-state index in [0.717, 1.165) is 11.1 Å². The number of rotatable bonds is 7. The van der Waals surface area contributed by atoms with Crippen LogP contribution in [0.3, 0.4) is 0 Å². The molecule has 26 heavy (non-hydrogen) atoms. The van der Waals surface area contributed by atoms with Crippen LogP contribution in [0.5, 0.6) is 11.5 Å². The van der Waals surface area contributed by atoms with E-state index in [1.165, 1.54) is 0 Å². The van der Waals surface area contributed by atoms with Crippen LogP contribution in [0, 0.1) is 0 Å². The zero-order chi connectivity index (χ0) is 18.4. The van der Waals surface area contributed by atoms with E-state index >= 15 is 0 Å². The van der Waals surface area contributed by atoms with Crippen molar-refractivity contribution in [1.29, 1.82) is 0 Å². The van der Waals surface area contributed by atoms with Crippen LogP contribution in [-0.4, -0.2) is 24.4 Å². The molecule has 0 fully saturated rings. The van der Waals surface area contributed by atoms with E-state index in [-0.39, 0.29) is 12.2 Å². The molecule has 1 N–H and O–H groups in total.